The molecule has 0 spiro atoms. The van der Waals surface area contributed by atoms with Crippen LogP contribution in [0.3, 0.4) is 0 Å². The van der Waals surface area contributed by atoms with E-state index in [1.54, 1.807) is 0 Å². The highest BCUT2D eigenvalue weighted by Crippen LogP contribution is 2.21. The molecule has 2 atom stereocenters. The van der Waals surface area contributed by atoms with Gasteiger partial charge in [-0.2, -0.15) is 0 Å². The summed E-state index contributed by atoms with van der Waals surface area (Å²) in [6.45, 7) is 3.25. The molecule has 0 aliphatic heterocycles. The van der Waals surface area contributed by atoms with Crippen molar-refractivity contribution in [1.29, 1.82) is 0 Å². The molecular weight excluding hydrogens is 278 g/mol. The fraction of sp³-hybridized carbons (Fsp3) is 0.571. The molecule has 2 N–H and O–H groups in total. The smallest absolute Gasteiger partial charge is 0.402 e. The number of alkyl halides is 1. The normalized spacial score (nSPS) is 14.0. The summed E-state index contributed by atoms with van der Waals surface area (Å²) in [7, 11) is -1.82. The summed E-state index contributed by atoms with van der Waals surface area (Å²) >= 11 is 5.97. The van der Waals surface area contributed by atoms with E-state index in [0.29, 0.717) is 13.2 Å². The molecule has 0 radical (unpaired) electrons. The number of halogens is 1. The van der Waals surface area contributed by atoms with Crippen LogP contribution in [-0.4, -0.2) is 29.5 Å². The Kier molecular flexibility index (Phi) is 8.90. The van der Waals surface area contributed by atoms with Crippen LogP contribution in [-0.2, 0) is 16.0 Å². The van der Waals surface area contributed by atoms with Gasteiger partial charge in [-0.15, -0.1) is 0 Å². The van der Waals surface area contributed by atoms with E-state index in [9.17, 15) is 0 Å². The first kappa shape index (κ1) is 17.5. The minimum absolute atomic E-state index is 0.0822. The summed E-state index contributed by atoms with van der Waals surface area (Å²) < 4.78 is 10.4. The van der Waals surface area contributed by atoms with Crippen molar-refractivity contribution in [3.05, 3.63) is 35.9 Å². The lowest BCUT2D eigenvalue weighted by Gasteiger charge is -2.21. The maximum absolute atomic E-state index is 8.73. The van der Waals surface area contributed by atoms with Gasteiger partial charge in [-0.1, -0.05) is 48.9 Å². The van der Waals surface area contributed by atoms with Gasteiger partial charge in [-0.25, -0.2) is 0 Å². The van der Waals surface area contributed by atoms with Crippen LogP contribution < -0.4 is 0 Å². The molecule has 0 heterocycles. The van der Waals surface area contributed by atoms with Crippen LogP contribution in [0.1, 0.15) is 31.7 Å². The Morgan fingerprint density at radius 1 is 1.25 bits per heavy atom. The second-order valence-corrected chi connectivity index (χ2v) is 5.09. The zero-order valence-corrected chi connectivity index (χ0v) is 12.5. The molecule has 1 rings (SSSR count). The van der Waals surface area contributed by atoms with E-state index in [-0.39, 0.29) is 5.92 Å². The van der Waals surface area contributed by atoms with E-state index in [4.69, 9.17) is 31.0 Å². The van der Waals surface area contributed by atoms with Crippen LogP contribution in [0.25, 0.3) is 0 Å². The molecule has 0 amide bonds. The van der Waals surface area contributed by atoms with E-state index < -0.39 is 12.9 Å². The predicted octanol–water partition coefficient (Wildman–Crippen LogP) is 2.56. The fourth-order valence-corrected chi connectivity index (χ4v) is 2.36. The molecule has 0 fully saturated rings. The molecule has 1 aromatic carbocycles. The second-order valence-electron chi connectivity index (χ2n) is 4.66. The Bertz CT molecular complexity index is 350. The van der Waals surface area contributed by atoms with Crippen molar-refractivity contribution in [2.75, 3.05) is 6.61 Å². The van der Waals surface area contributed by atoms with Crippen LogP contribution >= 0.6 is 11.6 Å². The van der Waals surface area contributed by atoms with Gasteiger partial charge in [0.25, 0.3) is 0 Å². The lowest BCUT2D eigenvalue weighted by atomic mass is 10.0. The number of benzene rings is 1. The first-order valence-corrected chi connectivity index (χ1v) is 7.34. The number of rotatable bonds is 10. The molecule has 0 aliphatic carbocycles. The summed E-state index contributed by atoms with van der Waals surface area (Å²) in [5.41, 5.74) is 0.468. The largest absolute Gasteiger partial charge is 0.635 e. The highest BCUT2D eigenvalue weighted by molar-refractivity contribution is 6.34. The van der Waals surface area contributed by atoms with Crippen molar-refractivity contribution in [1.82, 2.24) is 0 Å². The lowest BCUT2D eigenvalue weighted by molar-refractivity contribution is 0.0955. The number of hydrogen-bond acceptors (Lipinski definition) is 4. The van der Waals surface area contributed by atoms with Gasteiger partial charge < -0.3 is 19.4 Å². The van der Waals surface area contributed by atoms with Gasteiger partial charge in [0, 0.05) is 6.61 Å². The zero-order chi connectivity index (χ0) is 14.8. The van der Waals surface area contributed by atoms with E-state index in [2.05, 4.69) is 0 Å². The Morgan fingerprint density at radius 2 is 1.95 bits per heavy atom. The highest BCUT2D eigenvalue weighted by Gasteiger charge is 2.23. The zero-order valence-electron chi connectivity index (χ0n) is 11.7. The van der Waals surface area contributed by atoms with Crippen LogP contribution in [0, 0.1) is 5.92 Å². The summed E-state index contributed by atoms with van der Waals surface area (Å²) in [5.74, 6) is 0.0822. The minimum Gasteiger partial charge on any atom is -0.402 e. The van der Waals surface area contributed by atoms with Gasteiger partial charge >= 0.3 is 7.32 Å². The summed E-state index contributed by atoms with van der Waals surface area (Å²) in [5, 5.41) is 17.5. The monoisotopic (exact) mass is 300 g/mol. The van der Waals surface area contributed by atoms with Crippen molar-refractivity contribution in [3.63, 3.8) is 0 Å². The molecule has 112 valence electrons. The molecule has 20 heavy (non-hydrogen) atoms. The Labute approximate surface area is 125 Å². The van der Waals surface area contributed by atoms with E-state index >= 15 is 0 Å². The molecule has 1 aromatic rings. The van der Waals surface area contributed by atoms with Gasteiger partial charge in [-0.05, 0) is 30.7 Å². The van der Waals surface area contributed by atoms with Gasteiger partial charge in [0.1, 0.15) is 5.56 Å². The van der Waals surface area contributed by atoms with Crippen molar-refractivity contribution < 1.29 is 19.4 Å². The van der Waals surface area contributed by atoms with Crippen molar-refractivity contribution in [2.45, 2.75) is 38.4 Å². The molecule has 0 saturated carbocycles. The molecule has 0 aliphatic rings. The van der Waals surface area contributed by atoms with Gasteiger partial charge in [0.2, 0.25) is 0 Å². The highest BCUT2D eigenvalue weighted by atomic mass is 35.5. The molecule has 0 saturated heterocycles. The van der Waals surface area contributed by atoms with Gasteiger partial charge in [0.15, 0.2) is 0 Å². The first-order chi connectivity index (χ1) is 9.63. The van der Waals surface area contributed by atoms with E-state index in [1.165, 1.54) is 0 Å². The molecule has 2 unspecified atom stereocenters. The maximum atomic E-state index is 8.73. The molecule has 0 bridgehead atoms. The standard InChI is InChI=1S/C14H22BClO4/c1-2-13(14(16)20-15(17)18)9-6-10-19-11-12-7-4-3-5-8-12/h3-5,7-8,13-14,17-18H,2,6,9-11H2,1H3. The molecule has 4 nitrogen and oxygen atoms in total. The third-order valence-corrected chi connectivity index (χ3v) is 3.58. The second kappa shape index (κ2) is 10.2. The van der Waals surface area contributed by atoms with Crippen molar-refractivity contribution >= 4 is 18.9 Å². The minimum atomic E-state index is -1.82. The van der Waals surface area contributed by atoms with Crippen molar-refractivity contribution in [3.8, 4) is 0 Å². The van der Waals surface area contributed by atoms with E-state index in [0.717, 1.165) is 24.8 Å². The quantitative estimate of drug-likeness (QED) is 0.396. The van der Waals surface area contributed by atoms with E-state index in [1.807, 2.05) is 37.3 Å². The first-order valence-electron chi connectivity index (χ1n) is 6.90. The fourth-order valence-electron chi connectivity index (χ4n) is 1.96. The Hall–Kier alpha value is -0.585. The average molecular weight is 301 g/mol. The van der Waals surface area contributed by atoms with Crippen LogP contribution in [0.15, 0.2) is 30.3 Å². The van der Waals surface area contributed by atoms with Crippen LogP contribution in [0.4, 0.5) is 0 Å². The van der Waals surface area contributed by atoms with Crippen molar-refractivity contribution in [2.24, 2.45) is 5.92 Å². The summed E-state index contributed by atoms with van der Waals surface area (Å²) in [6.07, 6.45) is 2.51. The summed E-state index contributed by atoms with van der Waals surface area (Å²) in [6, 6.07) is 10.0. The molecule has 6 heteroatoms. The van der Waals surface area contributed by atoms with Gasteiger partial charge in [-0.3, -0.25) is 0 Å². The maximum Gasteiger partial charge on any atom is 0.635 e. The van der Waals surface area contributed by atoms with Gasteiger partial charge in [0.05, 0.1) is 6.61 Å². The summed E-state index contributed by atoms with van der Waals surface area (Å²) in [4.78, 5) is 0. The topological polar surface area (TPSA) is 58.9 Å². The average Bonchev–Trinajstić information content (AvgIpc) is 2.43. The van der Waals surface area contributed by atoms with Crippen LogP contribution in [0.5, 0.6) is 0 Å². The third-order valence-electron chi connectivity index (χ3n) is 3.12. The SMILES string of the molecule is CCC(CCCOCc1ccccc1)C(Cl)OB(O)O. The Morgan fingerprint density at radius 3 is 2.55 bits per heavy atom. The van der Waals surface area contributed by atoms with Crippen LogP contribution in [0.2, 0.25) is 0 Å². The predicted molar refractivity (Wildman–Crippen MR) is 80.0 cm³/mol. The number of hydrogen-bond donors (Lipinski definition) is 2. The third kappa shape index (κ3) is 7.26. The molecular formula is C14H22BClO4. The number of ether oxygens (including phenoxy) is 1. The molecule has 0 aromatic heterocycles. The lowest BCUT2D eigenvalue weighted by Crippen LogP contribution is -2.27. The Balaban J connectivity index is 2.15.